The van der Waals surface area contributed by atoms with Gasteiger partial charge >= 0.3 is 0 Å². The van der Waals surface area contributed by atoms with Gasteiger partial charge in [-0.1, -0.05) is 6.42 Å². The van der Waals surface area contributed by atoms with Crippen molar-refractivity contribution in [3.05, 3.63) is 0 Å². The third kappa shape index (κ3) is 5.82. The number of ether oxygens (including phenoxy) is 2. The van der Waals surface area contributed by atoms with Crippen LogP contribution in [0.25, 0.3) is 0 Å². The highest BCUT2D eigenvalue weighted by atomic mass is 16.5. The molecule has 4 nitrogen and oxygen atoms in total. The van der Waals surface area contributed by atoms with Gasteiger partial charge in [0.1, 0.15) is 0 Å². The van der Waals surface area contributed by atoms with Gasteiger partial charge in [0.25, 0.3) is 0 Å². The van der Waals surface area contributed by atoms with Crippen LogP contribution in [0.15, 0.2) is 0 Å². The van der Waals surface area contributed by atoms with Gasteiger partial charge in [-0.15, -0.1) is 0 Å². The van der Waals surface area contributed by atoms with E-state index in [4.69, 9.17) is 9.47 Å². The summed E-state index contributed by atoms with van der Waals surface area (Å²) < 4.78 is 10.4. The summed E-state index contributed by atoms with van der Waals surface area (Å²) in [4.78, 5) is 2.49. The van der Waals surface area contributed by atoms with Gasteiger partial charge < -0.3 is 19.7 Å². The molecular formula is C13H28N2O2. The largest absolute Gasteiger partial charge is 0.382 e. The van der Waals surface area contributed by atoms with Crippen LogP contribution in [0.1, 0.15) is 25.7 Å². The summed E-state index contributed by atoms with van der Waals surface area (Å²) in [6.45, 7) is 3.86. The van der Waals surface area contributed by atoms with E-state index in [9.17, 15) is 0 Å². The van der Waals surface area contributed by atoms with E-state index in [1.54, 1.807) is 14.2 Å². The summed E-state index contributed by atoms with van der Waals surface area (Å²) in [5, 5.41) is 3.46. The first-order valence-corrected chi connectivity index (χ1v) is 6.70. The van der Waals surface area contributed by atoms with Gasteiger partial charge in [-0.2, -0.15) is 0 Å². The molecule has 4 heteroatoms. The normalized spacial score (nSPS) is 23.8. The van der Waals surface area contributed by atoms with Crippen LogP contribution in [0.3, 0.4) is 0 Å². The van der Waals surface area contributed by atoms with Crippen molar-refractivity contribution in [3.63, 3.8) is 0 Å². The first-order valence-electron chi connectivity index (χ1n) is 6.70. The lowest BCUT2D eigenvalue weighted by atomic mass is 10.0. The van der Waals surface area contributed by atoms with Crippen molar-refractivity contribution >= 4 is 0 Å². The summed E-state index contributed by atoms with van der Waals surface area (Å²) >= 11 is 0. The molecular weight excluding hydrogens is 216 g/mol. The molecule has 0 aromatic carbocycles. The minimum absolute atomic E-state index is 0.170. The van der Waals surface area contributed by atoms with Crippen LogP contribution in [-0.2, 0) is 9.47 Å². The van der Waals surface area contributed by atoms with Crippen LogP contribution < -0.4 is 5.32 Å². The van der Waals surface area contributed by atoms with Gasteiger partial charge in [0.15, 0.2) is 0 Å². The minimum Gasteiger partial charge on any atom is -0.382 e. The standard InChI is InChI=1S/C13H28N2O2/c1-15-9-5-4-6-12(15)7-8-14-10-13(17-3)11-16-2/h12-14H,4-11H2,1-3H3. The Morgan fingerprint density at radius 1 is 1.35 bits per heavy atom. The molecule has 0 aliphatic carbocycles. The van der Waals surface area contributed by atoms with Crippen molar-refractivity contribution < 1.29 is 9.47 Å². The Hall–Kier alpha value is -0.160. The second kappa shape index (κ2) is 8.86. The Kier molecular flexibility index (Phi) is 7.77. The molecule has 0 spiro atoms. The van der Waals surface area contributed by atoms with Crippen LogP contribution in [0, 0.1) is 0 Å². The average Bonchev–Trinajstić information content (AvgIpc) is 2.35. The summed E-state index contributed by atoms with van der Waals surface area (Å²) in [5.41, 5.74) is 0. The molecule has 102 valence electrons. The van der Waals surface area contributed by atoms with Crippen molar-refractivity contribution in [1.29, 1.82) is 0 Å². The van der Waals surface area contributed by atoms with Gasteiger partial charge in [-0.05, 0) is 39.4 Å². The molecule has 17 heavy (non-hydrogen) atoms. The maximum atomic E-state index is 5.31. The highest BCUT2D eigenvalue weighted by molar-refractivity contribution is 4.75. The molecule has 1 rings (SSSR count). The van der Waals surface area contributed by atoms with Crippen LogP contribution in [-0.4, -0.2) is 64.6 Å². The molecule has 2 unspecified atom stereocenters. The minimum atomic E-state index is 0.170. The number of piperidine rings is 1. The fraction of sp³-hybridized carbons (Fsp3) is 1.00. The highest BCUT2D eigenvalue weighted by Gasteiger charge is 2.18. The highest BCUT2D eigenvalue weighted by Crippen LogP contribution is 2.16. The van der Waals surface area contributed by atoms with Crippen molar-refractivity contribution in [1.82, 2.24) is 10.2 Å². The molecule has 1 fully saturated rings. The summed E-state index contributed by atoms with van der Waals surface area (Å²) in [7, 11) is 5.69. The second-order valence-corrected chi connectivity index (χ2v) is 4.94. The SMILES string of the molecule is COCC(CNCCC1CCCCN1C)OC. The third-order valence-corrected chi connectivity index (χ3v) is 3.63. The molecule has 1 aliphatic heterocycles. The molecule has 0 radical (unpaired) electrons. The maximum Gasteiger partial charge on any atom is 0.0928 e. The zero-order chi connectivity index (χ0) is 12.5. The first kappa shape index (κ1) is 14.9. The van der Waals surface area contributed by atoms with E-state index in [2.05, 4.69) is 17.3 Å². The number of methoxy groups -OCH3 is 2. The number of hydrogen-bond donors (Lipinski definition) is 1. The Labute approximate surface area is 106 Å². The van der Waals surface area contributed by atoms with Gasteiger partial charge in [-0.25, -0.2) is 0 Å². The molecule has 0 aromatic heterocycles. The zero-order valence-electron chi connectivity index (χ0n) is 11.6. The van der Waals surface area contributed by atoms with Crippen LogP contribution in [0.4, 0.5) is 0 Å². The molecule has 1 N–H and O–H groups in total. The predicted octanol–water partition coefficient (Wildman–Crippen LogP) is 1.11. The number of likely N-dealkylation sites (tertiary alicyclic amines) is 1. The van der Waals surface area contributed by atoms with E-state index in [0.29, 0.717) is 6.61 Å². The molecule has 0 bridgehead atoms. The van der Waals surface area contributed by atoms with Crippen molar-refractivity contribution in [2.45, 2.75) is 37.8 Å². The fourth-order valence-corrected chi connectivity index (χ4v) is 2.44. The van der Waals surface area contributed by atoms with Crippen LogP contribution in [0.5, 0.6) is 0 Å². The van der Waals surface area contributed by atoms with Gasteiger partial charge in [0, 0.05) is 26.8 Å². The number of rotatable bonds is 8. The van der Waals surface area contributed by atoms with Gasteiger partial charge in [0.05, 0.1) is 12.7 Å². The number of nitrogens with zero attached hydrogens (tertiary/aromatic N) is 1. The predicted molar refractivity (Wildman–Crippen MR) is 70.4 cm³/mol. The second-order valence-electron chi connectivity index (χ2n) is 4.94. The lowest BCUT2D eigenvalue weighted by Crippen LogP contribution is -2.39. The Balaban J connectivity index is 2.06. The lowest BCUT2D eigenvalue weighted by molar-refractivity contribution is 0.0286. The molecule has 2 atom stereocenters. The summed E-state index contributed by atoms with van der Waals surface area (Å²) in [5.74, 6) is 0. The molecule has 1 aliphatic rings. The van der Waals surface area contributed by atoms with E-state index < -0.39 is 0 Å². The van der Waals surface area contributed by atoms with Gasteiger partial charge in [-0.3, -0.25) is 0 Å². The Morgan fingerprint density at radius 2 is 2.18 bits per heavy atom. The van der Waals surface area contributed by atoms with E-state index >= 15 is 0 Å². The average molecular weight is 244 g/mol. The van der Waals surface area contributed by atoms with Gasteiger partial charge in [0.2, 0.25) is 0 Å². The van der Waals surface area contributed by atoms with Crippen molar-refractivity contribution in [2.24, 2.45) is 0 Å². The summed E-state index contributed by atoms with van der Waals surface area (Å²) in [6, 6.07) is 0.764. The fourth-order valence-electron chi connectivity index (χ4n) is 2.44. The number of hydrogen-bond acceptors (Lipinski definition) is 4. The van der Waals surface area contributed by atoms with E-state index in [-0.39, 0.29) is 6.10 Å². The Bertz CT molecular complexity index is 190. The summed E-state index contributed by atoms with van der Waals surface area (Å²) in [6.07, 6.45) is 5.51. The van der Waals surface area contributed by atoms with Crippen LogP contribution in [0.2, 0.25) is 0 Å². The lowest BCUT2D eigenvalue weighted by Gasteiger charge is -2.32. The molecule has 0 amide bonds. The first-order chi connectivity index (χ1) is 8.27. The molecule has 0 saturated carbocycles. The molecule has 1 heterocycles. The topological polar surface area (TPSA) is 33.7 Å². The monoisotopic (exact) mass is 244 g/mol. The zero-order valence-corrected chi connectivity index (χ0v) is 11.6. The van der Waals surface area contributed by atoms with E-state index in [0.717, 1.165) is 19.1 Å². The number of nitrogens with one attached hydrogen (secondary N) is 1. The Morgan fingerprint density at radius 3 is 2.82 bits per heavy atom. The third-order valence-electron chi connectivity index (χ3n) is 3.63. The quantitative estimate of drug-likeness (QED) is 0.649. The maximum absolute atomic E-state index is 5.31. The van der Waals surface area contributed by atoms with Crippen molar-refractivity contribution in [2.75, 3.05) is 47.5 Å². The molecule has 0 aromatic rings. The van der Waals surface area contributed by atoms with E-state index in [1.165, 1.54) is 32.2 Å². The van der Waals surface area contributed by atoms with E-state index in [1.807, 2.05) is 0 Å². The molecule has 1 saturated heterocycles. The van der Waals surface area contributed by atoms with Crippen LogP contribution >= 0.6 is 0 Å². The van der Waals surface area contributed by atoms with Crippen molar-refractivity contribution in [3.8, 4) is 0 Å². The smallest absolute Gasteiger partial charge is 0.0928 e.